The second-order valence-corrected chi connectivity index (χ2v) is 8.47. The zero-order valence-corrected chi connectivity index (χ0v) is 14.7. The van der Waals surface area contributed by atoms with Crippen molar-refractivity contribution in [2.45, 2.75) is 18.1 Å². The van der Waals surface area contributed by atoms with Gasteiger partial charge in [-0.05, 0) is 37.1 Å². The van der Waals surface area contributed by atoms with E-state index in [-0.39, 0.29) is 12.5 Å². The number of carbonyl (C=O) groups is 1. The van der Waals surface area contributed by atoms with Crippen LogP contribution in [0.4, 0.5) is 0 Å². The number of piperidine rings is 1. The number of ether oxygens (including phenoxy) is 1. The highest BCUT2D eigenvalue weighted by Gasteiger charge is 2.37. The van der Waals surface area contributed by atoms with Crippen LogP contribution in [0.25, 0.3) is 0 Å². The van der Waals surface area contributed by atoms with Crippen molar-refractivity contribution < 1.29 is 17.9 Å². The van der Waals surface area contributed by atoms with Crippen molar-refractivity contribution in [3.8, 4) is 6.07 Å². The molecule has 2 saturated heterocycles. The summed E-state index contributed by atoms with van der Waals surface area (Å²) >= 11 is 0. The molecule has 0 N–H and O–H groups in total. The number of amides is 1. The zero-order valence-electron chi connectivity index (χ0n) is 13.9. The fourth-order valence-corrected chi connectivity index (χ4v) is 5.16. The predicted octanol–water partition coefficient (Wildman–Crippen LogP) is 0.825. The van der Waals surface area contributed by atoms with Crippen LogP contribution in [0.1, 0.15) is 28.8 Å². The zero-order chi connectivity index (χ0) is 17.9. The molecule has 3 rings (SSSR count). The summed E-state index contributed by atoms with van der Waals surface area (Å²) in [5.41, 5.74) is 0.964. The van der Waals surface area contributed by atoms with E-state index in [2.05, 4.69) is 0 Å². The maximum Gasteiger partial charge on any atom is 0.253 e. The van der Waals surface area contributed by atoms with Gasteiger partial charge >= 0.3 is 0 Å². The summed E-state index contributed by atoms with van der Waals surface area (Å²) in [7, 11) is -3.43. The molecule has 0 aromatic heterocycles. The Bertz CT molecular complexity index is 764. The van der Waals surface area contributed by atoms with Crippen molar-refractivity contribution in [2.24, 2.45) is 0 Å². The second kappa shape index (κ2) is 7.52. The number of nitrogens with zero attached hydrogens (tertiary/aromatic N) is 3. The highest BCUT2D eigenvalue weighted by molar-refractivity contribution is 7.89. The summed E-state index contributed by atoms with van der Waals surface area (Å²) < 4.78 is 32.4. The number of benzene rings is 1. The van der Waals surface area contributed by atoms with Crippen LogP contribution in [-0.4, -0.2) is 68.2 Å². The number of hydrogen-bond donors (Lipinski definition) is 0. The number of carbonyl (C=O) groups excluding carboxylic acids is 1. The molecule has 0 aliphatic carbocycles. The van der Waals surface area contributed by atoms with Crippen LogP contribution >= 0.6 is 0 Å². The largest absolute Gasteiger partial charge is 0.379 e. The van der Waals surface area contributed by atoms with Crippen LogP contribution in [0.15, 0.2) is 24.3 Å². The molecule has 2 aliphatic heterocycles. The van der Waals surface area contributed by atoms with E-state index >= 15 is 0 Å². The normalized spacial score (nSPS) is 22.4. The molecule has 1 aromatic rings. The SMILES string of the molecule is N#Cc1ccc(C(=O)N2CCCC(S(=O)(=O)N3CCOCC3)C2)cc1. The third-order valence-corrected chi connectivity index (χ3v) is 6.99. The first kappa shape index (κ1) is 17.9. The summed E-state index contributed by atoms with van der Waals surface area (Å²) in [5.74, 6) is -0.189. The summed E-state index contributed by atoms with van der Waals surface area (Å²) in [6.45, 7) is 2.34. The van der Waals surface area contributed by atoms with E-state index < -0.39 is 15.3 Å². The number of nitriles is 1. The fraction of sp³-hybridized carbons (Fsp3) is 0.529. The third-order valence-electron chi connectivity index (χ3n) is 4.68. The highest BCUT2D eigenvalue weighted by atomic mass is 32.2. The van der Waals surface area contributed by atoms with Crippen molar-refractivity contribution in [3.63, 3.8) is 0 Å². The first-order chi connectivity index (χ1) is 12.0. The molecule has 1 amide bonds. The predicted molar refractivity (Wildman–Crippen MR) is 91.4 cm³/mol. The van der Waals surface area contributed by atoms with Crippen molar-refractivity contribution in [1.82, 2.24) is 9.21 Å². The van der Waals surface area contributed by atoms with Crippen molar-refractivity contribution in [3.05, 3.63) is 35.4 Å². The Hall–Kier alpha value is -1.95. The lowest BCUT2D eigenvalue weighted by Gasteiger charge is -2.36. The number of likely N-dealkylation sites (tertiary alicyclic amines) is 1. The average molecular weight is 363 g/mol. The molecule has 7 nitrogen and oxygen atoms in total. The van der Waals surface area contributed by atoms with E-state index in [4.69, 9.17) is 10.00 Å². The Morgan fingerprint density at radius 1 is 1.16 bits per heavy atom. The highest BCUT2D eigenvalue weighted by Crippen LogP contribution is 2.22. The number of sulfonamides is 1. The van der Waals surface area contributed by atoms with E-state index in [1.54, 1.807) is 29.2 Å². The lowest BCUT2D eigenvalue weighted by molar-refractivity contribution is 0.0686. The van der Waals surface area contributed by atoms with E-state index in [0.29, 0.717) is 56.8 Å². The summed E-state index contributed by atoms with van der Waals surface area (Å²) in [6, 6.07) is 8.43. The molecule has 0 radical (unpaired) electrons. The van der Waals surface area contributed by atoms with Crippen molar-refractivity contribution >= 4 is 15.9 Å². The first-order valence-corrected chi connectivity index (χ1v) is 9.89. The third kappa shape index (κ3) is 3.84. The molecule has 2 aliphatic rings. The van der Waals surface area contributed by atoms with Gasteiger partial charge in [0.15, 0.2) is 0 Å². The Morgan fingerprint density at radius 2 is 1.84 bits per heavy atom. The number of morpholine rings is 1. The minimum absolute atomic E-state index is 0.189. The molecule has 1 aromatic carbocycles. The van der Waals surface area contributed by atoms with E-state index in [0.717, 1.165) is 0 Å². The molecular formula is C17H21N3O4S. The Labute approximate surface area is 147 Å². The van der Waals surface area contributed by atoms with Gasteiger partial charge in [-0.25, -0.2) is 8.42 Å². The summed E-state index contributed by atoms with van der Waals surface area (Å²) in [5, 5.41) is 8.27. The van der Waals surface area contributed by atoms with Crippen LogP contribution in [0.5, 0.6) is 0 Å². The molecule has 25 heavy (non-hydrogen) atoms. The van der Waals surface area contributed by atoms with E-state index in [1.807, 2.05) is 6.07 Å². The monoisotopic (exact) mass is 363 g/mol. The van der Waals surface area contributed by atoms with Crippen LogP contribution in [0.3, 0.4) is 0 Å². The van der Waals surface area contributed by atoms with Gasteiger partial charge in [-0.15, -0.1) is 0 Å². The average Bonchev–Trinajstić information content (AvgIpc) is 2.68. The van der Waals surface area contributed by atoms with Crippen molar-refractivity contribution in [2.75, 3.05) is 39.4 Å². The van der Waals surface area contributed by atoms with E-state index in [9.17, 15) is 13.2 Å². The number of rotatable bonds is 3. The molecule has 8 heteroatoms. The summed E-state index contributed by atoms with van der Waals surface area (Å²) in [6.07, 6.45) is 1.23. The molecule has 0 bridgehead atoms. The van der Waals surface area contributed by atoms with Crippen LogP contribution in [0, 0.1) is 11.3 Å². The minimum Gasteiger partial charge on any atom is -0.379 e. The molecule has 0 spiro atoms. The van der Waals surface area contributed by atoms with Gasteiger partial charge in [0.2, 0.25) is 10.0 Å². The van der Waals surface area contributed by atoms with Gasteiger partial charge in [-0.3, -0.25) is 4.79 Å². The quantitative estimate of drug-likeness (QED) is 0.793. The molecule has 2 fully saturated rings. The van der Waals surface area contributed by atoms with Crippen LogP contribution in [-0.2, 0) is 14.8 Å². The molecule has 0 saturated carbocycles. The van der Waals surface area contributed by atoms with Gasteiger partial charge in [0, 0.05) is 31.7 Å². The maximum absolute atomic E-state index is 12.8. The Kier molecular flexibility index (Phi) is 5.37. The molecular weight excluding hydrogens is 342 g/mol. The van der Waals surface area contributed by atoms with Gasteiger partial charge in [-0.2, -0.15) is 9.57 Å². The van der Waals surface area contributed by atoms with Crippen molar-refractivity contribution in [1.29, 1.82) is 5.26 Å². The van der Waals surface area contributed by atoms with Gasteiger partial charge in [0.25, 0.3) is 5.91 Å². The van der Waals surface area contributed by atoms with Gasteiger partial charge in [0.1, 0.15) is 0 Å². The van der Waals surface area contributed by atoms with Gasteiger partial charge in [0.05, 0.1) is 30.1 Å². The standard InChI is InChI=1S/C17H21N3O4S/c18-12-14-3-5-15(6-4-14)17(21)19-7-1-2-16(13-19)25(22,23)20-8-10-24-11-9-20/h3-6,16H,1-2,7-11,13H2. The lowest BCUT2D eigenvalue weighted by atomic mass is 10.1. The first-order valence-electron chi connectivity index (χ1n) is 8.38. The molecule has 1 atom stereocenters. The topological polar surface area (TPSA) is 90.7 Å². The second-order valence-electron chi connectivity index (χ2n) is 6.26. The lowest BCUT2D eigenvalue weighted by Crippen LogP contribution is -2.51. The Balaban J connectivity index is 1.71. The Morgan fingerprint density at radius 3 is 2.48 bits per heavy atom. The summed E-state index contributed by atoms with van der Waals surface area (Å²) in [4.78, 5) is 14.3. The maximum atomic E-state index is 12.8. The minimum atomic E-state index is -3.43. The van der Waals surface area contributed by atoms with Crippen LogP contribution < -0.4 is 0 Å². The molecule has 2 heterocycles. The molecule has 1 unspecified atom stereocenters. The molecule has 134 valence electrons. The fourth-order valence-electron chi connectivity index (χ4n) is 3.25. The van der Waals surface area contributed by atoms with E-state index in [1.165, 1.54) is 4.31 Å². The van der Waals surface area contributed by atoms with Gasteiger partial charge in [-0.1, -0.05) is 0 Å². The smallest absolute Gasteiger partial charge is 0.253 e. The van der Waals surface area contributed by atoms with Gasteiger partial charge < -0.3 is 9.64 Å². The number of hydrogen-bond acceptors (Lipinski definition) is 5. The van der Waals surface area contributed by atoms with Crippen LogP contribution in [0.2, 0.25) is 0 Å².